The molecular formula is C28H47NO2. The zero-order valence-electron chi connectivity index (χ0n) is 20.0. The van der Waals surface area contributed by atoms with E-state index in [1.54, 1.807) is 12.1 Å². The Bertz CT molecular complexity index is 600. The predicted molar refractivity (Wildman–Crippen MR) is 133 cm³/mol. The number of ketones is 1. The third kappa shape index (κ3) is 15.8. The van der Waals surface area contributed by atoms with Crippen molar-refractivity contribution in [3.05, 3.63) is 47.8 Å². The summed E-state index contributed by atoms with van der Waals surface area (Å²) in [5, 5.41) is 9.04. The Morgan fingerprint density at radius 3 is 1.87 bits per heavy atom. The van der Waals surface area contributed by atoms with Crippen molar-refractivity contribution < 1.29 is 9.90 Å². The maximum atomic E-state index is 12.0. The van der Waals surface area contributed by atoms with Gasteiger partial charge in [-0.2, -0.15) is 0 Å². The molecule has 0 bridgehead atoms. The van der Waals surface area contributed by atoms with E-state index in [0.29, 0.717) is 17.8 Å². The van der Waals surface area contributed by atoms with Crippen LogP contribution >= 0.6 is 0 Å². The molecule has 0 unspecified atom stereocenters. The number of aromatic nitrogens is 1. The summed E-state index contributed by atoms with van der Waals surface area (Å²) in [6.07, 6.45) is 30.2. The van der Waals surface area contributed by atoms with Gasteiger partial charge in [0.05, 0.1) is 12.3 Å². The topological polar surface area (TPSA) is 53.1 Å². The molecular weight excluding hydrogens is 382 g/mol. The molecule has 0 saturated heterocycles. The Morgan fingerprint density at radius 2 is 1.32 bits per heavy atom. The third-order valence-corrected chi connectivity index (χ3v) is 5.82. The van der Waals surface area contributed by atoms with Crippen LogP contribution in [0.15, 0.2) is 36.4 Å². The number of aliphatic hydroxyl groups is 1. The molecule has 0 spiro atoms. The first-order valence-electron chi connectivity index (χ1n) is 12.9. The lowest BCUT2D eigenvalue weighted by Crippen LogP contribution is -1.99. The van der Waals surface area contributed by atoms with Gasteiger partial charge in [-0.1, -0.05) is 95.4 Å². The zero-order valence-corrected chi connectivity index (χ0v) is 20.0. The molecule has 3 nitrogen and oxygen atoms in total. The lowest BCUT2D eigenvalue weighted by molar-refractivity contribution is 0.0974. The molecule has 3 heteroatoms. The normalized spacial score (nSPS) is 11.8. The Kier molecular flexibility index (Phi) is 18.0. The van der Waals surface area contributed by atoms with Crippen molar-refractivity contribution in [2.75, 3.05) is 0 Å². The van der Waals surface area contributed by atoms with Gasteiger partial charge in [0.1, 0.15) is 0 Å². The summed E-state index contributed by atoms with van der Waals surface area (Å²) in [7, 11) is 0. The van der Waals surface area contributed by atoms with Gasteiger partial charge < -0.3 is 10.1 Å². The standard InChI is InChI=1S/C28H47NO2/c1-2-3-4-5-6-7-8-9-10-11-12-13-14-15-16-17-18-19-20-21-22-28(31)27-24-23-26(25-30)29-27/h6-7,9-10,23-24,29-30H,2-5,8,11-22,25H2,1H3/b7-6-,10-9+. The van der Waals surface area contributed by atoms with Gasteiger partial charge in [0.25, 0.3) is 0 Å². The van der Waals surface area contributed by atoms with Crippen LogP contribution in [0, 0.1) is 0 Å². The predicted octanol–water partition coefficient (Wildman–Crippen LogP) is 8.45. The second-order valence-corrected chi connectivity index (χ2v) is 8.73. The maximum Gasteiger partial charge on any atom is 0.179 e. The number of allylic oxidation sites excluding steroid dienone is 4. The number of carbonyl (C=O) groups is 1. The summed E-state index contributed by atoms with van der Waals surface area (Å²) >= 11 is 0. The molecule has 0 aliphatic carbocycles. The van der Waals surface area contributed by atoms with Crippen molar-refractivity contribution in [3.8, 4) is 0 Å². The Balaban J connectivity index is 1.80. The summed E-state index contributed by atoms with van der Waals surface area (Å²) in [6.45, 7) is 2.21. The van der Waals surface area contributed by atoms with Crippen molar-refractivity contribution in [2.45, 2.75) is 123 Å². The molecule has 0 saturated carbocycles. The van der Waals surface area contributed by atoms with E-state index in [4.69, 9.17) is 5.11 Å². The van der Waals surface area contributed by atoms with Crippen molar-refractivity contribution >= 4 is 5.78 Å². The van der Waals surface area contributed by atoms with Gasteiger partial charge in [-0.3, -0.25) is 4.79 Å². The van der Waals surface area contributed by atoms with E-state index in [-0.39, 0.29) is 12.4 Å². The number of aliphatic hydroxyl groups excluding tert-OH is 1. The largest absolute Gasteiger partial charge is 0.390 e. The lowest BCUT2D eigenvalue weighted by atomic mass is 10.0. The minimum Gasteiger partial charge on any atom is -0.390 e. The number of carbonyl (C=O) groups excluding carboxylic acids is 1. The van der Waals surface area contributed by atoms with Crippen LogP contribution in [-0.4, -0.2) is 15.9 Å². The number of rotatable bonds is 21. The highest BCUT2D eigenvalue weighted by atomic mass is 16.3. The van der Waals surface area contributed by atoms with E-state index in [1.807, 2.05) is 0 Å². The molecule has 0 aromatic carbocycles. The Morgan fingerprint density at radius 1 is 0.774 bits per heavy atom. The van der Waals surface area contributed by atoms with Crippen LogP contribution in [0.25, 0.3) is 0 Å². The second kappa shape index (κ2) is 20.3. The van der Waals surface area contributed by atoms with Crippen molar-refractivity contribution in [2.24, 2.45) is 0 Å². The molecule has 31 heavy (non-hydrogen) atoms. The minimum atomic E-state index is -0.0402. The quantitative estimate of drug-likeness (QED) is 0.117. The van der Waals surface area contributed by atoms with Gasteiger partial charge in [0.15, 0.2) is 5.78 Å². The third-order valence-electron chi connectivity index (χ3n) is 5.82. The number of H-pyrrole nitrogens is 1. The lowest BCUT2D eigenvalue weighted by Gasteiger charge is -2.02. The van der Waals surface area contributed by atoms with Gasteiger partial charge in [-0.15, -0.1) is 0 Å². The zero-order chi connectivity index (χ0) is 22.4. The van der Waals surface area contributed by atoms with Crippen LogP contribution < -0.4 is 0 Å². The highest BCUT2D eigenvalue weighted by Gasteiger charge is 2.07. The summed E-state index contributed by atoms with van der Waals surface area (Å²) < 4.78 is 0. The average Bonchev–Trinajstić information content (AvgIpc) is 3.27. The highest BCUT2D eigenvalue weighted by molar-refractivity contribution is 5.94. The number of nitrogens with one attached hydrogen (secondary N) is 1. The van der Waals surface area contributed by atoms with Crippen molar-refractivity contribution in [3.63, 3.8) is 0 Å². The summed E-state index contributed by atoms with van der Waals surface area (Å²) in [6, 6.07) is 3.55. The molecule has 2 N–H and O–H groups in total. The van der Waals surface area contributed by atoms with E-state index in [9.17, 15) is 4.79 Å². The SMILES string of the molecule is CCCCC/C=C\C/C=C/CCCCCCCCCCCCC(=O)c1ccc(CO)[nH]1. The maximum absolute atomic E-state index is 12.0. The van der Waals surface area contributed by atoms with Crippen LogP contribution in [0.1, 0.15) is 132 Å². The van der Waals surface area contributed by atoms with Gasteiger partial charge in [0.2, 0.25) is 0 Å². The molecule has 1 heterocycles. The molecule has 0 aliphatic heterocycles. The van der Waals surface area contributed by atoms with Gasteiger partial charge in [0, 0.05) is 12.1 Å². The number of hydrogen-bond acceptors (Lipinski definition) is 2. The number of Topliss-reactive ketones (excluding diaryl/α,β-unsaturated/α-hetero) is 1. The fraction of sp³-hybridized carbons (Fsp3) is 0.679. The molecule has 0 radical (unpaired) electrons. The Hall–Kier alpha value is -1.61. The molecule has 1 rings (SSSR count). The average molecular weight is 430 g/mol. The fourth-order valence-corrected chi connectivity index (χ4v) is 3.81. The van der Waals surface area contributed by atoms with Crippen LogP contribution in [0.2, 0.25) is 0 Å². The van der Waals surface area contributed by atoms with Crippen molar-refractivity contribution in [1.82, 2.24) is 4.98 Å². The molecule has 0 amide bonds. The first-order valence-corrected chi connectivity index (χ1v) is 12.9. The minimum absolute atomic E-state index is 0.0402. The molecule has 0 aliphatic rings. The number of aromatic amines is 1. The van der Waals surface area contributed by atoms with E-state index in [1.165, 1.54) is 83.5 Å². The van der Waals surface area contributed by atoms with Crippen LogP contribution in [-0.2, 0) is 6.61 Å². The molecule has 1 aromatic heterocycles. The van der Waals surface area contributed by atoms with Gasteiger partial charge in [-0.25, -0.2) is 0 Å². The molecule has 0 fully saturated rings. The summed E-state index contributed by atoms with van der Waals surface area (Å²) in [5.74, 6) is 0.161. The first-order chi connectivity index (χ1) is 15.3. The van der Waals surface area contributed by atoms with E-state index in [0.717, 1.165) is 19.3 Å². The van der Waals surface area contributed by atoms with E-state index >= 15 is 0 Å². The van der Waals surface area contributed by atoms with Crippen LogP contribution in [0.5, 0.6) is 0 Å². The van der Waals surface area contributed by atoms with Crippen LogP contribution in [0.3, 0.4) is 0 Å². The highest BCUT2D eigenvalue weighted by Crippen LogP contribution is 2.14. The monoisotopic (exact) mass is 429 g/mol. The van der Waals surface area contributed by atoms with E-state index < -0.39 is 0 Å². The molecule has 0 atom stereocenters. The smallest absolute Gasteiger partial charge is 0.179 e. The Labute approximate surface area is 191 Å². The van der Waals surface area contributed by atoms with Gasteiger partial charge >= 0.3 is 0 Å². The van der Waals surface area contributed by atoms with Crippen molar-refractivity contribution in [1.29, 1.82) is 0 Å². The first kappa shape index (κ1) is 27.4. The number of unbranched alkanes of at least 4 members (excludes halogenated alkanes) is 13. The molecule has 1 aromatic rings. The van der Waals surface area contributed by atoms with Gasteiger partial charge in [-0.05, 0) is 50.7 Å². The summed E-state index contributed by atoms with van der Waals surface area (Å²) in [4.78, 5) is 15.0. The molecule has 176 valence electrons. The second-order valence-electron chi connectivity index (χ2n) is 8.73. The fourth-order valence-electron chi connectivity index (χ4n) is 3.81. The van der Waals surface area contributed by atoms with Crippen LogP contribution in [0.4, 0.5) is 0 Å². The number of hydrogen-bond donors (Lipinski definition) is 2. The van der Waals surface area contributed by atoms with E-state index in [2.05, 4.69) is 36.2 Å². The summed E-state index contributed by atoms with van der Waals surface area (Å²) in [5.41, 5.74) is 1.34.